The number of nitrogens with zero attached hydrogens (tertiary/aromatic N) is 4. The fourth-order valence-corrected chi connectivity index (χ4v) is 6.45. The van der Waals surface area contributed by atoms with Gasteiger partial charge < -0.3 is 9.30 Å². The summed E-state index contributed by atoms with van der Waals surface area (Å²) in [6.07, 6.45) is 6.86. The van der Waals surface area contributed by atoms with Crippen molar-refractivity contribution in [2.45, 2.75) is 54.9 Å². The molecule has 0 aliphatic heterocycles. The van der Waals surface area contributed by atoms with E-state index >= 15 is 0 Å². The second-order valence-corrected chi connectivity index (χ2v) is 12.0. The monoisotopic (exact) mass is 783 g/mol. The van der Waals surface area contributed by atoms with E-state index in [1.165, 1.54) is 38.9 Å². The summed E-state index contributed by atoms with van der Waals surface area (Å²) in [7, 11) is 0. The Bertz CT molecular complexity index is 2230. The minimum Gasteiger partial charge on any atom is -0.509 e. The first-order valence-electron chi connectivity index (χ1n) is 15.5. The van der Waals surface area contributed by atoms with Crippen LogP contribution in [0.1, 0.15) is 45.9 Å². The Kier molecular flexibility index (Phi) is 8.48. The maximum Gasteiger partial charge on any atom is 2.00 e. The van der Waals surface area contributed by atoms with E-state index in [1.807, 2.05) is 29.2 Å². The number of aryl methyl sites for hydroxylation is 2. The first kappa shape index (κ1) is 31.5. The summed E-state index contributed by atoms with van der Waals surface area (Å²) < 4.78 is 10.5. The van der Waals surface area contributed by atoms with Gasteiger partial charge in [-0.3, -0.25) is 4.68 Å². The van der Waals surface area contributed by atoms with Crippen LogP contribution in [-0.2, 0) is 27.5 Å². The zero-order chi connectivity index (χ0) is 31.4. The van der Waals surface area contributed by atoms with Crippen LogP contribution in [0.25, 0.3) is 44.4 Å². The van der Waals surface area contributed by atoms with Gasteiger partial charge in [-0.1, -0.05) is 37.6 Å². The van der Waals surface area contributed by atoms with Gasteiger partial charge in [-0.2, -0.15) is 16.7 Å². The quantitative estimate of drug-likeness (QED) is 0.158. The molecule has 3 aromatic heterocycles. The number of pyridine rings is 1. The van der Waals surface area contributed by atoms with Crippen LogP contribution in [0.3, 0.4) is 0 Å². The van der Waals surface area contributed by atoms with Crippen molar-refractivity contribution in [2.75, 3.05) is 0 Å². The molecule has 46 heavy (non-hydrogen) atoms. The van der Waals surface area contributed by atoms with Gasteiger partial charge in [0.25, 0.3) is 0 Å². The first-order valence-corrected chi connectivity index (χ1v) is 15.5. The molecule has 4 aromatic carbocycles. The topological polar surface area (TPSA) is 44.9 Å². The molecule has 5 nitrogen and oxygen atoms in total. The van der Waals surface area contributed by atoms with E-state index in [0.29, 0.717) is 11.5 Å². The van der Waals surface area contributed by atoms with Crippen LogP contribution in [0.5, 0.6) is 11.5 Å². The van der Waals surface area contributed by atoms with E-state index in [0.717, 1.165) is 50.9 Å². The van der Waals surface area contributed by atoms with E-state index < -0.39 is 0 Å². The van der Waals surface area contributed by atoms with Gasteiger partial charge in [-0.25, -0.2) is 4.98 Å². The fourth-order valence-electron chi connectivity index (χ4n) is 6.45. The van der Waals surface area contributed by atoms with E-state index in [2.05, 4.69) is 120 Å². The molecule has 0 bridgehead atoms. The average molecular weight is 784 g/mol. The Labute approximate surface area is 285 Å². The predicted molar refractivity (Wildman–Crippen MR) is 183 cm³/mol. The van der Waals surface area contributed by atoms with Crippen LogP contribution >= 0.6 is 0 Å². The van der Waals surface area contributed by atoms with Gasteiger partial charge >= 0.3 is 21.1 Å². The zero-order valence-electron chi connectivity index (χ0n) is 27.2. The summed E-state index contributed by atoms with van der Waals surface area (Å²) in [4.78, 5) is 4.74. The second kappa shape index (κ2) is 12.4. The van der Waals surface area contributed by atoms with Crippen molar-refractivity contribution in [2.24, 2.45) is 0 Å². The zero-order valence-corrected chi connectivity index (χ0v) is 29.5. The van der Waals surface area contributed by atoms with Gasteiger partial charge in [0.1, 0.15) is 5.82 Å². The van der Waals surface area contributed by atoms with Gasteiger partial charge in [0.15, 0.2) is 0 Å². The Morgan fingerprint density at radius 1 is 0.761 bits per heavy atom. The van der Waals surface area contributed by atoms with Crippen LogP contribution in [-0.4, -0.2) is 19.3 Å². The number of benzene rings is 4. The van der Waals surface area contributed by atoms with Crippen molar-refractivity contribution in [1.82, 2.24) is 19.3 Å². The first-order chi connectivity index (χ1) is 21.7. The smallest absolute Gasteiger partial charge is 0.509 e. The Morgan fingerprint density at radius 2 is 1.50 bits per heavy atom. The number of ether oxygens (including phenoxy) is 1. The molecule has 0 aliphatic carbocycles. The van der Waals surface area contributed by atoms with Crippen LogP contribution in [0.15, 0.2) is 79.3 Å². The minimum absolute atomic E-state index is 0. The van der Waals surface area contributed by atoms with Crippen LogP contribution < -0.4 is 4.74 Å². The van der Waals surface area contributed by atoms with Crippen molar-refractivity contribution in [3.63, 3.8) is 0 Å². The molecule has 0 atom stereocenters. The Morgan fingerprint density at radius 3 is 2.26 bits per heavy atom. The van der Waals surface area contributed by atoms with E-state index in [1.54, 1.807) is 0 Å². The van der Waals surface area contributed by atoms with Crippen molar-refractivity contribution < 1.29 is 25.8 Å². The molecule has 0 amide bonds. The molecule has 0 fully saturated rings. The van der Waals surface area contributed by atoms with Gasteiger partial charge in [0.05, 0.1) is 6.20 Å². The predicted octanol–water partition coefficient (Wildman–Crippen LogP) is 9.83. The molecule has 0 radical (unpaired) electrons. The van der Waals surface area contributed by atoms with E-state index in [9.17, 15) is 0 Å². The number of hydrogen-bond acceptors (Lipinski definition) is 3. The van der Waals surface area contributed by atoms with Crippen molar-refractivity contribution in [1.29, 1.82) is 0 Å². The number of rotatable bonds is 6. The van der Waals surface area contributed by atoms with Crippen LogP contribution in [0.4, 0.5) is 0 Å². The maximum atomic E-state index is 6.45. The molecule has 7 rings (SSSR count). The fraction of sp³-hybridized carbons (Fsp3) is 0.200. The third kappa shape index (κ3) is 5.37. The molecule has 0 saturated carbocycles. The molecule has 0 saturated heterocycles. The summed E-state index contributed by atoms with van der Waals surface area (Å²) in [5.74, 6) is 2.10. The number of para-hydroxylation sites is 1. The third-order valence-electron chi connectivity index (χ3n) is 9.32. The molecule has 7 aromatic rings. The normalized spacial score (nSPS) is 11.3. The Balaban J connectivity index is 0.00000372. The average Bonchev–Trinajstić information content (AvgIpc) is 3.66. The van der Waals surface area contributed by atoms with E-state index in [4.69, 9.17) is 14.8 Å². The molecule has 6 heteroatoms. The minimum atomic E-state index is 0. The molecule has 0 spiro atoms. The summed E-state index contributed by atoms with van der Waals surface area (Å²) in [6.45, 7) is 15.2. The summed E-state index contributed by atoms with van der Waals surface area (Å²) in [6, 6.07) is 27.8. The summed E-state index contributed by atoms with van der Waals surface area (Å²) in [5.41, 5.74) is 14.1. The van der Waals surface area contributed by atoms with E-state index in [-0.39, 0.29) is 21.1 Å². The molecular weight excluding hydrogens is 748 g/mol. The van der Waals surface area contributed by atoms with Gasteiger partial charge in [-0.15, -0.1) is 35.7 Å². The largest absolute Gasteiger partial charge is 2.00 e. The Hall–Kier alpha value is -4.47. The summed E-state index contributed by atoms with van der Waals surface area (Å²) in [5, 5.41) is 7.01. The number of aromatic nitrogens is 4. The standard InChI is InChI=1S/C40H36N4O.Pt/c1-8-30-15-16-41-39(19-30)44-37-12-10-9-11-35(37)36-14-13-33(21-38(36)44)45-34-18-24(2)17-32(20-34)43-23-31(22-42-43)40-28(6)26(4)25(3)27(5)29(40)7;/h9-19,22-23H,8H2,1-7H3;/q-2;+2. The van der Waals surface area contributed by atoms with Crippen LogP contribution in [0, 0.1) is 53.7 Å². The van der Waals surface area contributed by atoms with Gasteiger partial charge in [0.2, 0.25) is 0 Å². The summed E-state index contributed by atoms with van der Waals surface area (Å²) >= 11 is 0. The molecule has 232 valence electrons. The molecular formula is C40H36N4OPt. The van der Waals surface area contributed by atoms with Crippen LogP contribution in [0.2, 0.25) is 0 Å². The molecule has 0 unspecified atom stereocenters. The number of fused-ring (bicyclic) bond motifs is 3. The SMILES string of the molecule is CCc1ccnc(-n2c3[c-]c(Oc4[c-]c(-n5cc(-c6c(C)c(C)c(C)c(C)c6C)cn5)cc(C)c4)ccc3c3ccccc32)c1.[Pt+2]. The number of hydrogen-bond donors (Lipinski definition) is 0. The van der Waals surface area contributed by atoms with Crippen molar-refractivity contribution in [3.8, 4) is 34.1 Å². The molecule has 0 aliphatic rings. The van der Waals surface area contributed by atoms with Gasteiger partial charge in [-0.05, 0) is 109 Å². The second-order valence-electron chi connectivity index (χ2n) is 12.0. The molecule has 0 N–H and O–H groups in total. The molecule has 3 heterocycles. The van der Waals surface area contributed by atoms with Gasteiger partial charge in [0, 0.05) is 35.0 Å². The van der Waals surface area contributed by atoms with Crippen molar-refractivity contribution >= 4 is 21.8 Å². The van der Waals surface area contributed by atoms with Crippen molar-refractivity contribution in [3.05, 3.63) is 130 Å². The maximum absolute atomic E-state index is 6.45. The third-order valence-corrected chi connectivity index (χ3v) is 9.32.